The number of anilines is 3. The number of benzene rings is 1. The summed E-state index contributed by atoms with van der Waals surface area (Å²) in [6.45, 7) is 3.57. The minimum absolute atomic E-state index is 0.255. The van der Waals surface area contributed by atoms with Gasteiger partial charge >= 0.3 is 0 Å². The van der Waals surface area contributed by atoms with E-state index in [2.05, 4.69) is 20.2 Å². The molecule has 9 heteroatoms. The number of nitrogens with two attached hydrogens (primary N) is 1. The van der Waals surface area contributed by atoms with E-state index < -0.39 is 0 Å². The molecule has 1 spiro atoms. The van der Waals surface area contributed by atoms with Crippen molar-refractivity contribution in [3.63, 3.8) is 0 Å². The summed E-state index contributed by atoms with van der Waals surface area (Å²) >= 11 is 0. The van der Waals surface area contributed by atoms with Gasteiger partial charge in [-0.25, -0.2) is 15.0 Å². The van der Waals surface area contributed by atoms with Crippen molar-refractivity contribution >= 4 is 40.1 Å². The van der Waals surface area contributed by atoms with Crippen molar-refractivity contribution in [3.8, 4) is 5.75 Å². The van der Waals surface area contributed by atoms with Crippen LogP contribution in [0.4, 0.5) is 17.5 Å². The number of hydrogen-bond donors (Lipinski definition) is 2. The van der Waals surface area contributed by atoms with Crippen molar-refractivity contribution in [2.75, 3.05) is 50.7 Å². The van der Waals surface area contributed by atoms with Gasteiger partial charge in [-0.1, -0.05) is 6.07 Å². The summed E-state index contributed by atoms with van der Waals surface area (Å²) in [6.07, 6.45) is 9.23. The first-order valence-corrected chi connectivity index (χ1v) is 11.4. The second-order valence-corrected chi connectivity index (χ2v) is 8.83. The molecule has 34 heavy (non-hydrogen) atoms. The molecule has 0 bridgehead atoms. The molecule has 176 valence electrons. The van der Waals surface area contributed by atoms with E-state index in [0.29, 0.717) is 11.7 Å². The lowest BCUT2D eigenvalue weighted by atomic mass is 9.78. The quantitative estimate of drug-likeness (QED) is 0.540. The van der Waals surface area contributed by atoms with Gasteiger partial charge in [0.05, 0.1) is 26.0 Å². The zero-order chi connectivity index (χ0) is 23.5. The van der Waals surface area contributed by atoms with Gasteiger partial charge in [0.2, 0.25) is 5.95 Å². The molecular formula is C25H29N7O2. The van der Waals surface area contributed by atoms with Crippen LogP contribution in [0, 0.1) is 5.41 Å². The van der Waals surface area contributed by atoms with E-state index in [4.69, 9.17) is 25.2 Å². The maximum absolute atomic E-state index is 5.76. The first kappa shape index (κ1) is 22.1. The Morgan fingerprint density at radius 2 is 2.18 bits per heavy atom. The summed E-state index contributed by atoms with van der Waals surface area (Å²) in [5.74, 6) is 2.03. The highest BCUT2D eigenvalue weighted by molar-refractivity contribution is 6.09. The molecule has 2 aliphatic heterocycles. The highest BCUT2D eigenvalue weighted by Gasteiger charge is 2.42. The summed E-state index contributed by atoms with van der Waals surface area (Å²) in [4.78, 5) is 20.5. The summed E-state index contributed by atoms with van der Waals surface area (Å²) in [6, 6.07) is 7.72. The molecule has 3 N–H and O–H groups in total. The van der Waals surface area contributed by atoms with Gasteiger partial charge in [-0.3, -0.25) is 4.99 Å². The second-order valence-electron chi connectivity index (χ2n) is 8.83. The standard InChI is InChI=1S/C25H29N7O2/c1-27-12-19(11-26)17-4-5-20(21(10-17)33-2)30-24-29-13-18-6-8-28-23(22(18)31-24)32-9-3-7-25(14-32)15-34-16-25/h4-6,8,10-13H,3,7,9,14-16,26H2,1-2H3,(H,29,30,31). The van der Waals surface area contributed by atoms with Crippen LogP contribution in [-0.4, -0.2) is 61.6 Å². The first-order valence-electron chi connectivity index (χ1n) is 11.4. The Kier molecular flexibility index (Phi) is 6.02. The van der Waals surface area contributed by atoms with E-state index in [1.807, 2.05) is 36.7 Å². The molecule has 2 aliphatic rings. The maximum Gasteiger partial charge on any atom is 0.227 e. The van der Waals surface area contributed by atoms with Gasteiger partial charge < -0.3 is 25.4 Å². The lowest BCUT2D eigenvalue weighted by Gasteiger charge is -2.48. The second kappa shape index (κ2) is 9.26. The number of ether oxygens (including phenoxy) is 2. The van der Waals surface area contributed by atoms with Gasteiger partial charge in [-0.05, 0) is 36.6 Å². The number of methoxy groups -OCH3 is 1. The topological polar surface area (TPSA) is 111 Å². The Labute approximate surface area is 198 Å². The number of pyridine rings is 1. The van der Waals surface area contributed by atoms with Crippen molar-refractivity contribution in [1.29, 1.82) is 0 Å². The third-order valence-electron chi connectivity index (χ3n) is 6.49. The normalized spacial score (nSPS) is 17.8. The van der Waals surface area contributed by atoms with Gasteiger partial charge in [0.15, 0.2) is 5.82 Å². The fraction of sp³-hybridized carbons (Fsp3) is 0.360. The lowest BCUT2D eigenvalue weighted by Crippen LogP contribution is -2.54. The van der Waals surface area contributed by atoms with Gasteiger partial charge in [-0.2, -0.15) is 0 Å². The van der Waals surface area contributed by atoms with Crippen molar-refractivity contribution in [3.05, 3.63) is 48.4 Å². The number of piperidine rings is 1. The zero-order valence-electron chi connectivity index (χ0n) is 19.5. The predicted octanol–water partition coefficient (Wildman–Crippen LogP) is 3.39. The van der Waals surface area contributed by atoms with Crippen LogP contribution < -0.4 is 20.7 Å². The summed E-state index contributed by atoms with van der Waals surface area (Å²) < 4.78 is 11.1. The third-order valence-corrected chi connectivity index (χ3v) is 6.49. The molecule has 0 aliphatic carbocycles. The van der Waals surface area contributed by atoms with Gasteiger partial charge in [0.1, 0.15) is 11.3 Å². The van der Waals surface area contributed by atoms with Gasteiger partial charge in [0.25, 0.3) is 0 Å². The van der Waals surface area contributed by atoms with E-state index in [1.54, 1.807) is 20.4 Å². The molecule has 3 aromatic rings. The Morgan fingerprint density at radius 3 is 2.91 bits per heavy atom. The van der Waals surface area contributed by atoms with Crippen LogP contribution in [0.3, 0.4) is 0 Å². The average molecular weight is 460 g/mol. The molecule has 5 rings (SSSR count). The van der Waals surface area contributed by atoms with Crippen molar-refractivity contribution in [1.82, 2.24) is 15.0 Å². The Balaban J connectivity index is 1.45. The average Bonchev–Trinajstić information content (AvgIpc) is 2.86. The van der Waals surface area contributed by atoms with Crippen LogP contribution in [-0.2, 0) is 4.74 Å². The zero-order valence-corrected chi connectivity index (χ0v) is 19.5. The Morgan fingerprint density at radius 1 is 1.29 bits per heavy atom. The van der Waals surface area contributed by atoms with Crippen LogP contribution in [0.25, 0.3) is 16.5 Å². The molecule has 1 aromatic carbocycles. The number of hydrogen-bond acceptors (Lipinski definition) is 9. The number of nitrogens with zero attached hydrogens (tertiary/aromatic N) is 5. The largest absolute Gasteiger partial charge is 0.495 e. The van der Waals surface area contributed by atoms with E-state index >= 15 is 0 Å². The first-order chi connectivity index (χ1) is 16.6. The molecule has 9 nitrogen and oxygen atoms in total. The number of fused-ring (bicyclic) bond motifs is 1. The maximum atomic E-state index is 5.76. The summed E-state index contributed by atoms with van der Waals surface area (Å²) in [5.41, 5.74) is 9.31. The van der Waals surface area contributed by atoms with E-state index in [1.165, 1.54) is 12.6 Å². The minimum Gasteiger partial charge on any atom is -0.495 e. The van der Waals surface area contributed by atoms with Crippen LogP contribution in [0.1, 0.15) is 18.4 Å². The molecule has 0 amide bonds. The van der Waals surface area contributed by atoms with Gasteiger partial charge in [-0.15, -0.1) is 0 Å². The molecule has 2 aromatic heterocycles. The molecule has 0 atom stereocenters. The number of allylic oxidation sites excluding steroid dienone is 1. The molecule has 0 saturated carbocycles. The number of nitrogens with one attached hydrogen (secondary N) is 1. The van der Waals surface area contributed by atoms with Crippen LogP contribution in [0.15, 0.2) is 47.9 Å². The highest BCUT2D eigenvalue weighted by Crippen LogP contribution is 2.39. The van der Waals surface area contributed by atoms with E-state index in [0.717, 1.165) is 66.3 Å². The molecule has 2 fully saturated rings. The van der Waals surface area contributed by atoms with Crippen molar-refractivity contribution in [2.24, 2.45) is 16.1 Å². The molecule has 4 heterocycles. The number of rotatable bonds is 6. The minimum atomic E-state index is 0.255. The predicted molar refractivity (Wildman–Crippen MR) is 135 cm³/mol. The fourth-order valence-corrected chi connectivity index (χ4v) is 4.70. The molecular weight excluding hydrogens is 430 g/mol. The van der Waals surface area contributed by atoms with Crippen molar-refractivity contribution < 1.29 is 9.47 Å². The molecule has 2 saturated heterocycles. The Bertz CT molecular complexity index is 1250. The van der Waals surface area contributed by atoms with Crippen LogP contribution in [0.2, 0.25) is 0 Å². The molecule has 0 radical (unpaired) electrons. The molecule has 0 unspecified atom stereocenters. The number of aromatic nitrogens is 3. The van der Waals surface area contributed by atoms with Gasteiger partial charge in [0, 0.05) is 61.3 Å². The monoisotopic (exact) mass is 459 g/mol. The smallest absolute Gasteiger partial charge is 0.227 e. The van der Waals surface area contributed by atoms with Crippen LogP contribution in [0.5, 0.6) is 5.75 Å². The fourth-order valence-electron chi connectivity index (χ4n) is 4.70. The summed E-state index contributed by atoms with van der Waals surface area (Å²) in [5, 5.41) is 4.26. The third kappa shape index (κ3) is 4.14. The van der Waals surface area contributed by atoms with Crippen LogP contribution >= 0.6 is 0 Å². The Hall–Kier alpha value is -3.72. The highest BCUT2D eigenvalue weighted by atomic mass is 16.5. The van der Waals surface area contributed by atoms with E-state index in [9.17, 15) is 0 Å². The van der Waals surface area contributed by atoms with Crippen molar-refractivity contribution in [2.45, 2.75) is 12.8 Å². The van der Waals surface area contributed by atoms with E-state index in [-0.39, 0.29) is 5.41 Å². The summed E-state index contributed by atoms with van der Waals surface area (Å²) in [7, 11) is 3.34. The lowest BCUT2D eigenvalue weighted by molar-refractivity contribution is -0.117. The number of aliphatic imine (C=N–C) groups is 1. The SMILES string of the molecule is CN=CC(=CN)c1ccc(Nc2ncc3ccnc(N4CCCC5(COC5)C4)c3n2)c(OC)c1.